The smallest absolute Gasteiger partial charge is 0.0274 e. The molecule has 0 bridgehead atoms. The van der Waals surface area contributed by atoms with Gasteiger partial charge in [0, 0.05) is 31.0 Å². The van der Waals surface area contributed by atoms with Crippen LogP contribution in [0.2, 0.25) is 17.3 Å². The molecule has 0 aliphatic rings. The molecule has 0 unspecified atom stereocenters. The number of nitrogens with zero attached hydrogens (tertiary/aromatic N) is 2. The Balaban J connectivity index is 0.000000217. The third-order valence-electron chi connectivity index (χ3n) is 9.59. The first kappa shape index (κ1) is 39.8. The molecule has 7 aromatic rings. The van der Waals surface area contributed by atoms with Gasteiger partial charge in [-0.15, -0.1) is 17.7 Å². The maximum absolute atomic E-state index is 4.75. The molecule has 0 aliphatic heterocycles. The van der Waals surface area contributed by atoms with E-state index in [9.17, 15) is 0 Å². The first-order chi connectivity index (χ1) is 24.2. The fourth-order valence-electron chi connectivity index (χ4n) is 6.38. The van der Waals surface area contributed by atoms with E-state index in [0.29, 0.717) is 11.8 Å². The van der Waals surface area contributed by atoms with Crippen LogP contribution in [0, 0.1) is 12.1 Å². The van der Waals surface area contributed by atoms with E-state index in [1.54, 1.807) is 0 Å². The zero-order valence-corrected chi connectivity index (χ0v) is 37.5. The third kappa shape index (κ3) is 8.69. The Labute approximate surface area is 331 Å². The van der Waals surface area contributed by atoms with Gasteiger partial charge in [0.1, 0.15) is 0 Å². The summed E-state index contributed by atoms with van der Waals surface area (Å²) in [7, 11) is 0. The van der Waals surface area contributed by atoms with E-state index in [-0.39, 0.29) is 25.5 Å². The molecule has 3 aromatic heterocycles. The number of aromatic nitrogens is 2. The number of pyridine rings is 2. The van der Waals surface area contributed by atoms with Gasteiger partial charge in [0.05, 0.1) is 0 Å². The van der Waals surface area contributed by atoms with E-state index in [2.05, 4.69) is 180 Å². The summed E-state index contributed by atoms with van der Waals surface area (Å²) in [6.07, 6.45) is 4.00. The van der Waals surface area contributed by atoms with Gasteiger partial charge in [-0.3, -0.25) is 0 Å². The Hall–Kier alpha value is -3.41. The SMILES string of the molecule is CC(C)(C)c1cc[c-]c(-c2cc[c]([Ge]([CH3])([CH3])[CH3])cn2)c1.CC(C)c1ccnc(-c2[c-]cc(-c3ccccc3)c3c2sc2c(C(C)C)cccc23)c1.[Ir]. The van der Waals surface area contributed by atoms with Crippen molar-refractivity contribution in [2.75, 3.05) is 0 Å². The fourth-order valence-corrected chi connectivity index (χ4v) is 10.0. The van der Waals surface area contributed by atoms with Gasteiger partial charge < -0.3 is 4.98 Å². The normalized spacial score (nSPS) is 11.8. The number of fused-ring (bicyclic) bond motifs is 3. The van der Waals surface area contributed by atoms with Gasteiger partial charge in [-0.25, -0.2) is 0 Å². The predicted molar refractivity (Wildman–Crippen MR) is 225 cm³/mol. The average molecular weight is 940 g/mol. The quantitative estimate of drug-likeness (QED) is 0.123. The predicted octanol–water partition coefficient (Wildman–Crippen LogP) is 13.2. The van der Waals surface area contributed by atoms with E-state index in [4.69, 9.17) is 4.98 Å². The van der Waals surface area contributed by atoms with Gasteiger partial charge in [0.25, 0.3) is 0 Å². The van der Waals surface area contributed by atoms with Gasteiger partial charge >= 0.3 is 126 Å². The Morgan fingerprint density at radius 3 is 2.12 bits per heavy atom. The van der Waals surface area contributed by atoms with Crippen LogP contribution in [-0.2, 0) is 25.5 Å². The maximum Gasteiger partial charge on any atom is 0.0274 e. The molecular weight excluding hydrogens is 889 g/mol. The average Bonchev–Trinajstić information content (AvgIpc) is 3.51. The summed E-state index contributed by atoms with van der Waals surface area (Å²) < 4.78 is 4.10. The molecule has 0 N–H and O–H groups in total. The summed E-state index contributed by atoms with van der Waals surface area (Å²) in [4.78, 5) is 9.40. The zero-order chi connectivity index (χ0) is 36.5. The van der Waals surface area contributed by atoms with E-state index in [1.165, 1.54) is 52.4 Å². The first-order valence-corrected chi connectivity index (χ1v) is 26.3. The van der Waals surface area contributed by atoms with Crippen LogP contribution in [0.15, 0.2) is 109 Å². The summed E-state index contributed by atoms with van der Waals surface area (Å²) in [6, 6.07) is 41.6. The van der Waals surface area contributed by atoms with Crippen molar-refractivity contribution in [3.63, 3.8) is 0 Å². The number of benzene rings is 4. The molecule has 0 saturated carbocycles. The van der Waals surface area contributed by atoms with Crippen molar-refractivity contribution < 1.29 is 20.1 Å². The minimum absolute atomic E-state index is 0. The molecule has 0 amide bonds. The van der Waals surface area contributed by atoms with Crippen LogP contribution in [-0.4, -0.2) is 23.2 Å². The van der Waals surface area contributed by atoms with Gasteiger partial charge in [-0.2, -0.15) is 11.3 Å². The van der Waals surface area contributed by atoms with Crippen LogP contribution in [0.1, 0.15) is 77.0 Å². The van der Waals surface area contributed by atoms with Crippen molar-refractivity contribution >= 4 is 49.2 Å². The Morgan fingerprint density at radius 1 is 0.731 bits per heavy atom. The molecule has 0 atom stereocenters. The molecule has 0 saturated heterocycles. The summed E-state index contributed by atoms with van der Waals surface area (Å²) in [5, 5.41) is 2.65. The van der Waals surface area contributed by atoms with Crippen molar-refractivity contribution in [1.82, 2.24) is 9.97 Å². The molecule has 0 aliphatic carbocycles. The van der Waals surface area contributed by atoms with Gasteiger partial charge in [0.15, 0.2) is 0 Å². The van der Waals surface area contributed by atoms with Crippen LogP contribution < -0.4 is 4.40 Å². The second-order valence-electron chi connectivity index (χ2n) is 16.2. The number of hydrogen-bond acceptors (Lipinski definition) is 3. The fraction of sp³-hybridized carbons (Fsp3) is 0.277. The van der Waals surface area contributed by atoms with E-state index in [0.717, 1.165) is 22.5 Å². The van der Waals surface area contributed by atoms with Crippen LogP contribution in [0.4, 0.5) is 0 Å². The second kappa shape index (κ2) is 16.3. The number of hydrogen-bond donors (Lipinski definition) is 0. The number of rotatable bonds is 6. The monoisotopic (exact) mass is 941 g/mol. The number of thiophene rings is 1. The Bertz CT molecular complexity index is 2270. The van der Waals surface area contributed by atoms with Crippen molar-refractivity contribution in [3.05, 3.63) is 138 Å². The first-order valence-electron chi connectivity index (χ1n) is 18.1. The van der Waals surface area contributed by atoms with E-state index >= 15 is 0 Å². The van der Waals surface area contributed by atoms with Crippen molar-refractivity contribution in [2.45, 2.75) is 83.0 Å². The van der Waals surface area contributed by atoms with Crippen LogP contribution in [0.25, 0.3) is 53.8 Å². The van der Waals surface area contributed by atoms with Crippen molar-refractivity contribution in [2.24, 2.45) is 0 Å². The van der Waals surface area contributed by atoms with Crippen LogP contribution >= 0.6 is 11.3 Å². The minimum atomic E-state index is -1.76. The van der Waals surface area contributed by atoms with E-state index < -0.39 is 13.3 Å². The molecule has 2 nitrogen and oxygen atoms in total. The molecule has 1 radical (unpaired) electrons. The van der Waals surface area contributed by atoms with Crippen molar-refractivity contribution in [3.8, 4) is 33.6 Å². The minimum Gasteiger partial charge on any atom is -0.305 e. The second-order valence-corrected chi connectivity index (χ2v) is 27.9. The largest absolute Gasteiger partial charge is 0.305 e. The summed E-state index contributed by atoms with van der Waals surface area (Å²) in [5.74, 6) is 8.12. The summed E-state index contributed by atoms with van der Waals surface area (Å²) in [5.41, 5.74) is 10.9. The molecule has 0 spiro atoms. The maximum atomic E-state index is 4.75. The molecule has 4 aromatic carbocycles. The van der Waals surface area contributed by atoms with Crippen molar-refractivity contribution in [1.29, 1.82) is 0 Å². The van der Waals surface area contributed by atoms with Crippen LogP contribution in [0.5, 0.6) is 0 Å². The third-order valence-corrected chi connectivity index (χ3v) is 15.1. The van der Waals surface area contributed by atoms with Crippen LogP contribution in [0.3, 0.4) is 0 Å². The molecule has 3 heterocycles. The summed E-state index contributed by atoms with van der Waals surface area (Å²) in [6.45, 7) is 15.7. The van der Waals surface area contributed by atoms with E-state index in [1.807, 2.05) is 23.6 Å². The summed E-state index contributed by atoms with van der Waals surface area (Å²) >= 11 is 0.125. The molecule has 5 heteroatoms. The molecular formula is C47H50GeIrN2S-2. The zero-order valence-electron chi connectivity index (χ0n) is 32.2. The topological polar surface area (TPSA) is 25.8 Å². The Kier molecular flexibility index (Phi) is 12.5. The molecule has 52 heavy (non-hydrogen) atoms. The van der Waals surface area contributed by atoms with Gasteiger partial charge in [-0.1, -0.05) is 104 Å². The molecule has 0 fully saturated rings. The standard InChI is InChI=1S/C29H26NS.C18H24GeN.Ir/c1-18(2)21-15-16-30-26(17-21)24-14-13-23(20-9-6-5-7-10-20)27-25-12-8-11-22(19(3)4)28(25)31-29(24)27;1-18(2,3)15-9-7-8-14(12-15)17-11-10-16(13-20-17)19(4,5)6;/h5-13,15-19H,1-4H3;7,9-13H,1-6H3;/q2*-1;. The Morgan fingerprint density at radius 2 is 1.48 bits per heavy atom. The molecule has 7 rings (SSSR count). The van der Waals surface area contributed by atoms with Gasteiger partial charge in [0.2, 0.25) is 0 Å². The molecule has 269 valence electrons. The van der Waals surface area contributed by atoms with Gasteiger partial charge in [-0.05, 0) is 39.2 Å².